The van der Waals surface area contributed by atoms with Crippen LogP contribution in [0.1, 0.15) is 12.5 Å². The van der Waals surface area contributed by atoms with Crippen molar-refractivity contribution < 1.29 is 9.90 Å². The minimum absolute atomic E-state index is 0.00380. The smallest absolute Gasteiger partial charge is 0.323 e. The predicted octanol–water partition coefficient (Wildman–Crippen LogP) is 4.87. The molecule has 0 fully saturated rings. The van der Waals surface area contributed by atoms with E-state index >= 15 is 0 Å². The van der Waals surface area contributed by atoms with Crippen LogP contribution in [0.15, 0.2) is 71.8 Å². The number of nitrogens with zero attached hydrogens (tertiary/aromatic N) is 4. The highest BCUT2D eigenvalue weighted by Gasteiger charge is 2.15. The number of hydrogen-bond acceptors (Lipinski definition) is 6. The van der Waals surface area contributed by atoms with Crippen molar-refractivity contribution in [2.45, 2.75) is 13.5 Å². The van der Waals surface area contributed by atoms with Gasteiger partial charge in [0.2, 0.25) is 0 Å². The summed E-state index contributed by atoms with van der Waals surface area (Å²) in [7, 11) is 0. The van der Waals surface area contributed by atoms with Gasteiger partial charge in [0.1, 0.15) is 11.4 Å². The van der Waals surface area contributed by atoms with Gasteiger partial charge in [-0.25, -0.2) is 9.48 Å². The van der Waals surface area contributed by atoms with Gasteiger partial charge in [0.25, 0.3) is 5.56 Å². The summed E-state index contributed by atoms with van der Waals surface area (Å²) >= 11 is 5.99. The Morgan fingerprint density at radius 3 is 2.51 bits per heavy atom. The van der Waals surface area contributed by atoms with Gasteiger partial charge in [0, 0.05) is 18.3 Å². The number of hydrogen-bond donors (Lipinski definition) is 3. The van der Waals surface area contributed by atoms with Crippen LogP contribution in [0.3, 0.4) is 0 Å². The van der Waals surface area contributed by atoms with Crippen LogP contribution in [-0.2, 0) is 6.54 Å². The van der Waals surface area contributed by atoms with Crippen molar-refractivity contribution in [2.75, 3.05) is 10.6 Å². The normalized spacial score (nSPS) is 10.4. The molecule has 0 saturated carbocycles. The molecular formula is C25H19ClN6O3. The number of halogens is 1. The number of amides is 2. The molecule has 0 aliphatic heterocycles. The highest BCUT2D eigenvalue weighted by molar-refractivity contribution is 6.34. The van der Waals surface area contributed by atoms with E-state index in [1.165, 1.54) is 16.9 Å². The van der Waals surface area contributed by atoms with Gasteiger partial charge in [-0.05, 0) is 42.3 Å². The summed E-state index contributed by atoms with van der Waals surface area (Å²) in [5.41, 5.74) is 2.92. The molecule has 0 bridgehead atoms. The molecule has 35 heavy (non-hydrogen) atoms. The number of anilines is 2. The number of aryl methyl sites for hydroxylation is 1. The molecule has 9 nitrogen and oxygen atoms in total. The van der Waals surface area contributed by atoms with E-state index in [9.17, 15) is 20.0 Å². The van der Waals surface area contributed by atoms with E-state index in [4.69, 9.17) is 11.6 Å². The van der Waals surface area contributed by atoms with Crippen LogP contribution in [0.4, 0.5) is 16.2 Å². The largest absolute Gasteiger partial charge is 0.504 e. The van der Waals surface area contributed by atoms with Crippen molar-refractivity contribution >= 4 is 29.0 Å². The molecular weight excluding hydrogens is 468 g/mol. The molecule has 2 heterocycles. The maximum absolute atomic E-state index is 12.8. The van der Waals surface area contributed by atoms with Crippen molar-refractivity contribution in [1.82, 2.24) is 14.8 Å². The number of rotatable bonds is 5. The van der Waals surface area contributed by atoms with Crippen molar-refractivity contribution in [3.63, 3.8) is 0 Å². The van der Waals surface area contributed by atoms with E-state index < -0.39 is 11.6 Å². The molecule has 3 N–H and O–H groups in total. The molecule has 2 amide bonds. The van der Waals surface area contributed by atoms with Crippen LogP contribution in [0, 0.1) is 11.3 Å². The molecule has 0 aliphatic rings. The van der Waals surface area contributed by atoms with Gasteiger partial charge >= 0.3 is 6.03 Å². The van der Waals surface area contributed by atoms with E-state index in [0.29, 0.717) is 16.8 Å². The minimum atomic E-state index is -0.771. The third kappa shape index (κ3) is 5.13. The summed E-state index contributed by atoms with van der Waals surface area (Å²) in [6, 6.07) is 17.6. The topological polar surface area (TPSA) is 133 Å². The summed E-state index contributed by atoms with van der Waals surface area (Å²) in [5.74, 6) is -0.314. The lowest BCUT2D eigenvalue weighted by atomic mass is 10.00. The quantitative estimate of drug-likeness (QED) is 0.368. The number of aromatic nitrogens is 3. The Hall–Kier alpha value is -4.68. The van der Waals surface area contributed by atoms with Crippen LogP contribution in [0.25, 0.3) is 22.4 Å². The summed E-state index contributed by atoms with van der Waals surface area (Å²) in [6.45, 7) is 2.05. The first-order valence-corrected chi connectivity index (χ1v) is 10.9. The van der Waals surface area contributed by atoms with Crippen molar-refractivity contribution in [1.29, 1.82) is 5.26 Å². The lowest BCUT2D eigenvalue weighted by Crippen LogP contribution is -2.29. The predicted molar refractivity (Wildman–Crippen MR) is 133 cm³/mol. The zero-order chi connectivity index (χ0) is 24.9. The number of aromatic hydroxyl groups is 1. The Morgan fingerprint density at radius 1 is 1.09 bits per heavy atom. The molecule has 0 radical (unpaired) electrons. The summed E-state index contributed by atoms with van der Waals surface area (Å²) in [6.07, 6.45) is 2.40. The van der Waals surface area contributed by atoms with Gasteiger partial charge in [-0.3, -0.25) is 9.78 Å². The second-order valence-electron chi connectivity index (χ2n) is 7.43. The van der Waals surface area contributed by atoms with Gasteiger partial charge in [0.05, 0.1) is 28.5 Å². The summed E-state index contributed by atoms with van der Waals surface area (Å²) in [4.78, 5) is 29.1. The third-order valence-corrected chi connectivity index (χ3v) is 5.41. The van der Waals surface area contributed by atoms with Gasteiger partial charge in [-0.15, -0.1) is 0 Å². The van der Waals surface area contributed by atoms with Crippen LogP contribution < -0.4 is 16.2 Å². The van der Waals surface area contributed by atoms with Gasteiger partial charge in [-0.1, -0.05) is 41.9 Å². The summed E-state index contributed by atoms with van der Waals surface area (Å²) < 4.78 is 1.24. The second-order valence-corrected chi connectivity index (χ2v) is 7.84. The molecule has 0 saturated heterocycles. The van der Waals surface area contributed by atoms with Crippen molar-refractivity contribution in [3.05, 3.63) is 87.9 Å². The van der Waals surface area contributed by atoms with Crippen LogP contribution >= 0.6 is 11.6 Å². The van der Waals surface area contributed by atoms with E-state index in [0.717, 1.165) is 17.3 Å². The van der Waals surface area contributed by atoms with Gasteiger partial charge in [-0.2, -0.15) is 10.4 Å². The zero-order valence-electron chi connectivity index (χ0n) is 18.5. The van der Waals surface area contributed by atoms with Crippen molar-refractivity contribution in [3.8, 4) is 34.2 Å². The number of benzene rings is 2. The van der Waals surface area contributed by atoms with E-state index in [-0.39, 0.29) is 28.7 Å². The maximum Gasteiger partial charge on any atom is 0.323 e. The number of urea groups is 1. The third-order valence-electron chi connectivity index (χ3n) is 5.12. The summed E-state index contributed by atoms with van der Waals surface area (Å²) in [5, 5.41) is 28.5. The van der Waals surface area contributed by atoms with Gasteiger partial charge in [0.15, 0.2) is 5.75 Å². The lowest BCUT2D eigenvalue weighted by molar-refractivity contribution is 0.262. The maximum atomic E-state index is 12.8. The first-order chi connectivity index (χ1) is 16.9. The van der Waals surface area contributed by atoms with E-state index in [1.807, 2.05) is 36.4 Å². The molecule has 0 aliphatic carbocycles. The highest BCUT2D eigenvalue weighted by Crippen LogP contribution is 2.30. The first kappa shape index (κ1) is 23.5. The molecule has 10 heteroatoms. The number of carbonyl (C=O) groups is 1. The average molecular weight is 487 g/mol. The second kappa shape index (κ2) is 10.1. The van der Waals surface area contributed by atoms with Crippen LogP contribution in [-0.4, -0.2) is 25.9 Å². The molecule has 0 unspecified atom stereocenters. The Morgan fingerprint density at radius 2 is 1.80 bits per heavy atom. The monoisotopic (exact) mass is 486 g/mol. The number of carbonyl (C=O) groups excluding carboxylic acids is 1. The molecule has 2 aromatic heterocycles. The molecule has 0 spiro atoms. The Kier molecular flexibility index (Phi) is 6.76. The highest BCUT2D eigenvalue weighted by atomic mass is 35.5. The molecule has 2 aromatic carbocycles. The van der Waals surface area contributed by atoms with Gasteiger partial charge < -0.3 is 15.7 Å². The fraction of sp³-hybridized carbons (Fsp3) is 0.0800. The molecule has 4 rings (SSSR count). The van der Waals surface area contributed by atoms with E-state index in [2.05, 4.69) is 26.8 Å². The Labute approximate surface area is 205 Å². The molecule has 4 aromatic rings. The standard InChI is InChI=1S/C25H19ClN6O3/c1-2-32-24(34)21(29-25(35)30-23-19(26)13-28-14-22(23)33)11-20(31-32)18-8-4-7-17(10-18)16-6-3-5-15(9-16)12-27/h3-11,13-14,33H,2H2,1H3,(H2,28,29,30,35). The SMILES string of the molecule is CCn1nc(-c2cccc(-c3cccc(C#N)c3)c2)cc(NC(=O)Nc2c(O)cncc2Cl)c1=O. The first-order valence-electron chi connectivity index (χ1n) is 10.5. The molecule has 174 valence electrons. The number of pyridine rings is 1. The van der Waals surface area contributed by atoms with Crippen molar-refractivity contribution in [2.24, 2.45) is 0 Å². The molecule has 0 atom stereocenters. The fourth-order valence-electron chi connectivity index (χ4n) is 3.43. The minimum Gasteiger partial charge on any atom is -0.504 e. The van der Waals surface area contributed by atoms with Crippen LogP contribution in [0.5, 0.6) is 5.75 Å². The lowest BCUT2D eigenvalue weighted by Gasteiger charge is -2.13. The Bertz CT molecular complexity index is 1510. The number of nitriles is 1. The fourth-order valence-corrected chi connectivity index (χ4v) is 3.63. The zero-order valence-corrected chi connectivity index (χ0v) is 19.2. The number of nitrogens with one attached hydrogen (secondary N) is 2. The van der Waals surface area contributed by atoms with E-state index in [1.54, 1.807) is 19.1 Å². The van der Waals surface area contributed by atoms with Crippen LogP contribution in [0.2, 0.25) is 5.02 Å². The Balaban J connectivity index is 1.68. The average Bonchev–Trinajstić information content (AvgIpc) is 2.87.